The van der Waals surface area contributed by atoms with Crippen LogP contribution < -0.4 is 11.1 Å². The molecule has 110 valence electrons. The maximum Gasteiger partial charge on any atom is 0.238 e. The molecule has 1 fully saturated rings. The molecule has 0 aromatic heterocycles. The summed E-state index contributed by atoms with van der Waals surface area (Å²) in [7, 11) is 0. The van der Waals surface area contributed by atoms with Gasteiger partial charge in [0.05, 0.1) is 6.54 Å². The normalized spacial score (nSPS) is 19.9. The Morgan fingerprint density at radius 1 is 1.45 bits per heavy atom. The number of likely N-dealkylation sites (tertiary alicyclic amines) is 1. The Hall–Kier alpha value is -1.39. The molecule has 1 aliphatic rings. The van der Waals surface area contributed by atoms with Crippen LogP contribution in [0.15, 0.2) is 18.2 Å². The third-order valence-electron chi connectivity index (χ3n) is 3.96. The van der Waals surface area contributed by atoms with Crippen molar-refractivity contribution in [3.8, 4) is 0 Å². The third kappa shape index (κ3) is 4.05. The first kappa shape index (κ1) is 15.0. The van der Waals surface area contributed by atoms with Gasteiger partial charge in [-0.25, -0.2) is 0 Å². The molecular weight excluding hydrogens is 250 g/mol. The summed E-state index contributed by atoms with van der Waals surface area (Å²) in [5, 5.41) is 3.01. The fourth-order valence-electron chi connectivity index (χ4n) is 2.83. The summed E-state index contributed by atoms with van der Waals surface area (Å²) in [4.78, 5) is 14.3. The van der Waals surface area contributed by atoms with Gasteiger partial charge in [-0.3, -0.25) is 9.69 Å². The second kappa shape index (κ2) is 6.86. The van der Waals surface area contributed by atoms with Crippen LogP contribution in [0.1, 0.15) is 24.0 Å². The quantitative estimate of drug-likeness (QED) is 0.882. The lowest BCUT2D eigenvalue weighted by atomic mass is 9.98. The number of anilines is 1. The Labute approximate surface area is 121 Å². The van der Waals surface area contributed by atoms with Gasteiger partial charge in [0, 0.05) is 12.2 Å². The summed E-state index contributed by atoms with van der Waals surface area (Å²) >= 11 is 0. The zero-order valence-electron chi connectivity index (χ0n) is 12.5. The lowest BCUT2D eigenvalue weighted by Crippen LogP contribution is -2.42. The topological polar surface area (TPSA) is 58.4 Å². The van der Waals surface area contributed by atoms with Gasteiger partial charge in [0.2, 0.25) is 5.91 Å². The molecule has 1 aromatic carbocycles. The molecule has 0 saturated carbocycles. The van der Waals surface area contributed by atoms with Crippen molar-refractivity contribution in [3.63, 3.8) is 0 Å². The number of rotatable bonds is 4. The minimum absolute atomic E-state index is 0.0645. The molecule has 20 heavy (non-hydrogen) atoms. The molecule has 0 spiro atoms. The van der Waals surface area contributed by atoms with E-state index in [0.717, 1.165) is 37.3 Å². The zero-order valence-corrected chi connectivity index (χ0v) is 12.5. The highest BCUT2D eigenvalue weighted by molar-refractivity contribution is 5.93. The van der Waals surface area contributed by atoms with Crippen molar-refractivity contribution in [1.29, 1.82) is 0 Å². The summed E-state index contributed by atoms with van der Waals surface area (Å²) in [6.07, 6.45) is 2.32. The molecule has 1 saturated heterocycles. The number of carbonyl (C=O) groups excluding carboxylic acids is 1. The van der Waals surface area contributed by atoms with Crippen LogP contribution in [-0.4, -0.2) is 37.0 Å². The number of benzene rings is 1. The molecule has 1 aliphatic heterocycles. The average molecular weight is 275 g/mol. The smallest absolute Gasteiger partial charge is 0.238 e. The molecule has 0 bridgehead atoms. The fourth-order valence-corrected chi connectivity index (χ4v) is 2.83. The number of nitrogens with one attached hydrogen (secondary N) is 1. The van der Waals surface area contributed by atoms with E-state index in [9.17, 15) is 4.79 Å². The van der Waals surface area contributed by atoms with E-state index >= 15 is 0 Å². The summed E-state index contributed by atoms with van der Waals surface area (Å²) < 4.78 is 0. The minimum atomic E-state index is 0.0645. The highest BCUT2D eigenvalue weighted by atomic mass is 16.2. The van der Waals surface area contributed by atoms with Gasteiger partial charge in [-0.1, -0.05) is 17.7 Å². The average Bonchev–Trinajstić information content (AvgIpc) is 2.42. The summed E-state index contributed by atoms with van der Waals surface area (Å²) in [6.45, 7) is 7.19. The number of hydrogen-bond donors (Lipinski definition) is 2. The first-order valence-electron chi connectivity index (χ1n) is 7.38. The van der Waals surface area contributed by atoms with Crippen LogP contribution in [0.3, 0.4) is 0 Å². The van der Waals surface area contributed by atoms with Gasteiger partial charge in [-0.05, 0) is 57.3 Å². The zero-order chi connectivity index (χ0) is 14.5. The van der Waals surface area contributed by atoms with E-state index in [2.05, 4.69) is 23.2 Å². The van der Waals surface area contributed by atoms with Gasteiger partial charge in [-0.15, -0.1) is 0 Å². The van der Waals surface area contributed by atoms with E-state index in [4.69, 9.17) is 5.73 Å². The Bertz CT molecular complexity index is 473. The van der Waals surface area contributed by atoms with E-state index in [1.165, 1.54) is 12.0 Å². The fraction of sp³-hybridized carbons (Fsp3) is 0.562. The molecule has 2 rings (SSSR count). The van der Waals surface area contributed by atoms with Crippen LogP contribution in [0.4, 0.5) is 5.69 Å². The monoisotopic (exact) mass is 275 g/mol. The highest BCUT2D eigenvalue weighted by Crippen LogP contribution is 2.17. The summed E-state index contributed by atoms with van der Waals surface area (Å²) in [6, 6.07) is 6.08. The Balaban J connectivity index is 1.88. The number of aryl methyl sites for hydroxylation is 2. The van der Waals surface area contributed by atoms with Crippen molar-refractivity contribution >= 4 is 11.6 Å². The van der Waals surface area contributed by atoms with Crippen LogP contribution in [-0.2, 0) is 4.79 Å². The van der Waals surface area contributed by atoms with Crippen molar-refractivity contribution < 1.29 is 4.79 Å². The molecule has 3 N–H and O–H groups in total. The molecule has 1 unspecified atom stereocenters. The predicted molar refractivity (Wildman–Crippen MR) is 82.8 cm³/mol. The van der Waals surface area contributed by atoms with Crippen molar-refractivity contribution in [2.24, 2.45) is 11.7 Å². The second-order valence-electron chi connectivity index (χ2n) is 5.85. The molecular formula is C16H25N3O. The first-order valence-corrected chi connectivity index (χ1v) is 7.38. The lowest BCUT2D eigenvalue weighted by Gasteiger charge is -2.31. The van der Waals surface area contributed by atoms with Crippen LogP contribution in [0.25, 0.3) is 0 Å². The SMILES string of the molecule is Cc1ccc(NC(=O)CN2CCCC(CN)C2)c(C)c1. The molecule has 1 atom stereocenters. The number of nitrogens with zero attached hydrogens (tertiary/aromatic N) is 1. The summed E-state index contributed by atoms with van der Waals surface area (Å²) in [5.74, 6) is 0.604. The maximum atomic E-state index is 12.1. The Morgan fingerprint density at radius 2 is 2.25 bits per heavy atom. The van der Waals surface area contributed by atoms with Crippen molar-refractivity contribution in [1.82, 2.24) is 4.90 Å². The largest absolute Gasteiger partial charge is 0.330 e. The highest BCUT2D eigenvalue weighted by Gasteiger charge is 2.20. The number of carbonyl (C=O) groups is 1. The summed E-state index contributed by atoms with van der Waals surface area (Å²) in [5.41, 5.74) is 8.96. The molecule has 1 amide bonds. The van der Waals surface area contributed by atoms with E-state index in [-0.39, 0.29) is 5.91 Å². The van der Waals surface area contributed by atoms with Gasteiger partial charge in [0.25, 0.3) is 0 Å². The van der Waals surface area contributed by atoms with Gasteiger partial charge in [-0.2, -0.15) is 0 Å². The molecule has 4 heteroatoms. The molecule has 0 aliphatic carbocycles. The van der Waals surface area contributed by atoms with E-state index in [1.54, 1.807) is 0 Å². The van der Waals surface area contributed by atoms with Crippen LogP contribution in [0.2, 0.25) is 0 Å². The van der Waals surface area contributed by atoms with Crippen LogP contribution in [0, 0.1) is 19.8 Å². The van der Waals surface area contributed by atoms with Crippen molar-refractivity contribution in [2.75, 3.05) is 31.5 Å². The first-order chi connectivity index (χ1) is 9.58. The third-order valence-corrected chi connectivity index (χ3v) is 3.96. The van der Waals surface area contributed by atoms with Gasteiger partial charge in [0.15, 0.2) is 0 Å². The van der Waals surface area contributed by atoms with Gasteiger partial charge < -0.3 is 11.1 Å². The molecule has 1 aromatic rings. The number of hydrogen-bond acceptors (Lipinski definition) is 3. The van der Waals surface area contributed by atoms with Gasteiger partial charge >= 0.3 is 0 Å². The standard InChI is InChI=1S/C16H25N3O/c1-12-5-6-15(13(2)8-12)18-16(20)11-19-7-3-4-14(9-17)10-19/h5-6,8,14H,3-4,7,9-11,17H2,1-2H3,(H,18,20). The van der Waals surface area contributed by atoms with E-state index in [1.807, 2.05) is 19.1 Å². The number of nitrogens with two attached hydrogens (primary N) is 1. The molecule has 4 nitrogen and oxygen atoms in total. The van der Waals surface area contributed by atoms with Crippen LogP contribution >= 0.6 is 0 Å². The number of piperidine rings is 1. The van der Waals surface area contributed by atoms with Crippen molar-refractivity contribution in [3.05, 3.63) is 29.3 Å². The maximum absolute atomic E-state index is 12.1. The Kier molecular flexibility index (Phi) is 5.15. The molecule has 1 heterocycles. The van der Waals surface area contributed by atoms with Crippen LogP contribution in [0.5, 0.6) is 0 Å². The number of amides is 1. The second-order valence-corrected chi connectivity index (χ2v) is 5.85. The minimum Gasteiger partial charge on any atom is -0.330 e. The van der Waals surface area contributed by atoms with E-state index in [0.29, 0.717) is 12.5 Å². The van der Waals surface area contributed by atoms with Gasteiger partial charge in [0.1, 0.15) is 0 Å². The molecule has 0 radical (unpaired) electrons. The van der Waals surface area contributed by atoms with Crippen molar-refractivity contribution in [2.45, 2.75) is 26.7 Å². The van der Waals surface area contributed by atoms with E-state index < -0.39 is 0 Å². The lowest BCUT2D eigenvalue weighted by molar-refractivity contribution is -0.117. The predicted octanol–water partition coefficient (Wildman–Crippen LogP) is 1.91. The Morgan fingerprint density at radius 3 is 2.95 bits per heavy atom.